The molecular weight excluding hydrogens is 239 g/mol. The molecule has 1 rings (SSSR count). The zero-order valence-corrected chi connectivity index (χ0v) is 12.6. The third kappa shape index (κ3) is 4.83. The molecule has 19 heavy (non-hydrogen) atoms. The molecule has 0 aromatic heterocycles. The molecule has 0 bridgehead atoms. The van der Waals surface area contributed by atoms with Crippen LogP contribution in [0.2, 0.25) is 0 Å². The number of nitrogens with zero attached hydrogens (tertiary/aromatic N) is 1. The Labute approximate surface area is 116 Å². The van der Waals surface area contributed by atoms with Crippen LogP contribution in [0.25, 0.3) is 0 Å². The number of nitrogens with two attached hydrogens (primary N) is 1. The van der Waals surface area contributed by atoms with Gasteiger partial charge in [-0.1, -0.05) is 39.8 Å². The molecule has 0 saturated heterocycles. The maximum Gasteiger partial charge on any atom is 0.146 e. The van der Waals surface area contributed by atoms with Gasteiger partial charge in [-0.3, -0.25) is 0 Å². The lowest BCUT2D eigenvalue weighted by Gasteiger charge is -2.30. The fourth-order valence-corrected chi connectivity index (χ4v) is 2.41. The van der Waals surface area contributed by atoms with E-state index in [1.54, 1.807) is 12.1 Å². The van der Waals surface area contributed by atoms with Gasteiger partial charge in [0.05, 0.1) is 5.69 Å². The molecule has 3 heteroatoms. The van der Waals surface area contributed by atoms with Crippen molar-refractivity contribution in [3.63, 3.8) is 0 Å². The van der Waals surface area contributed by atoms with Gasteiger partial charge >= 0.3 is 0 Å². The summed E-state index contributed by atoms with van der Waals surface area (Å²) in [5.74, 6) is 0.875. The van der Waals surface area contributed by atoms with Gasteiger partial charge in [0.15, 0.2) is 0 Å². The predicted molar refractivity (Wildman–Crippen MR) is 81.0 cm³/mol. The summed E-state index contributed by atoms with van der Waals surface area (Å²) in [5, 5.41) is 0. The fourth-order valence-electron chi connectivity index (χ4n) is 2.41. The molecule has 2 nitrogen and oxygen atoms in total. The third-order valence-corrected chi connectivity index (χ3v) is 2.97. The zero-order valence-electron chi connectivity index (χ0n) is 12.6. The maximum absolute atomic E-state index is 14.2. The van der Waals surface area contributed by atoms with E-state index in [9.17, 15) is 4.39 Å². The highest BCUT2D eigenvalue weighted by Crippen LogP contribution is 2.26. The minimum absolute atomic E-state index is 0.132. The molecule has 0 aliphatic carbocycles. The summed E-state index contributed by atoms with van der Waals surface area (Å²) < 4.78 is 14.2. The second-order valence-corrected chi connectivity index (χ2v) is 5.98. The fraction of sp³-hybridized carbons (Fsp3) is 0.625. The van der Waals surface area contributed by atoms with Gasteiger partial charge in [-0.15, -0.1) is 0 Å². The van der Waals surface area contributed by atoms with Crippen LogP contribution in [0.5, 0.6) is 0 Å². The van der Waals surface area contributed by atoms with Crippen molar-refractivity contribution in [1.29, 1.82) is 0 Å². The number of benzene rings is 1. The average molecular weight is 266 g/mol. The molecule has 0 fully saturated rings. The highest BCUT2D eigenvalue weighted by Gasteiger charge is 2.17. The highest BCUT2D eigenvalue weighted by molar-refractivity contribution is 5.55. The SMILES string of the molecule is CC(C)CN(CC(C)C)c1c(F)cccc1CCN. The van der Waals surface area contributed by atoms with Crippen molar-refractivity contribution in [1.82, 2.24) is 0 Å². The summed E-state index contributed by atoms with van der Waals surface area (Å²) in [6.07, 6.45) is 0.722. The molecule has 108 valence electrons. The lowest BCUT2D eigenvalue weighted by Crippen LogP contribution is -2.33. The molecule has 0 atom stereocenters. The van der Waals surface area contributed by atoms with E-state index in [1.165, 1.54) is 0 Å². The smallest absolute Gasteiger partial charge is 0.146 e. The summed E-state index contributed by atoms with van der Waals surface area (Å²) in [4.78, 5) is 2.18. The molecule has 0 spiro atoms. The quantitative estimate of drug-likeness (QED) is 0.819. The molecule has 0 saturated carbocycles. The Bertz CT molecular complexity index is 378. The van der Waals surface area contributed by atoms with Gasteiger partial charge in [-0.05, 0) is 36.4 Å². The van der Waals surface area contributed by atoms with Crippen LogP contribution in [0, 0.1) is 17.7 Å². The minimum atomic E-state index is -0.132. The Balaban J connectivity index is 3.11. The first-order valence-electron chi connectivity index (χ1n) is 7.18. The number of para-hydroxylation sites is 1. The molecular formula is C16H27FN2. The number of halogens is 1. The van der Waals surface area contributed by atoms with Crippen molar-refractivity contribution < 1.29 is 4.39 Å². The first-order valence-corrected chi connectivity index (χ1v) is 7.18. The van der Waals surface area contributed by atoms with E-state index in [1.807, 2.05) is 6.07 Å². The molecule has 0 aliphatic heterocycles. The van der Waals surface area contributed by atoms with Gasteiger partial charge < -0.3 is 10.6 Å². The Morgan fingerprint density at radius 3 is 2.16 bits per heavy atom. The van der Waals surface area contributed by atoms with Crippen molar-refractivity contribution >= 4 is 5.69 Å². The first kappa shape index (κ1) is 16.0. The third-order valence-electron chi connectivity index (χ3n) is 2.97. The van der Waals surface area contributed by atoms with Crippen LogP contribution < -0.4 is 10.6 Å². The van der Waals surface area contributed by atoms with Crippen LogP contribution >= 0.6 is 0 Å². The summed E-state index contributed by atoms with van der Waals surface area (Å²) in [7, 11) is 0. The molecule has 1 aromatic carbocycles. The molecule has 1 aromatic rings. The monoisotopic (exact) mass is 266 g/mol. The largest absolute Gasteiger partial charge is 0.368 e. The van der Waals surface area contributed by atoms with Gasteiger partial charge in [0.1, 0.15) is 5.82 Å². The summed E-state index contributed by atoms with van der Waals surface area (Å²) in [6, 6.07) is 5.30. The summed E-state index contributed by atoms with van der Waals surface area (Å²) >= 11 is 0. The van der Waals surface area contributed by atoms with Gasteiger partial charge in [-0.2, -0.15) is 0 Å². The number of rotatable bonds is 7. The Morgan fingerprint density at radius 2 is 1.68 bits per heavy atom. The molecule has 0 heterocycles. The van der Waals surface area contributed by atoms with E-state index in [-0.39, 0.29) is 5.82 Å². The van der Waals surface area contributed by atoms with Crippen LogP contribution in [-0.4, -0.2) is 19.6 Å². The van der Waals surface area contributed by atoms with Gasteiger partial charge in [-0.25, -0.2) is 4.39 Å². The second-order valence-electron chi connectivity index (χ2n) is 5.98. The van der Waals surface area contributed by atoms with E-state index < -0.39 is 0 Å². The molecule has 0 radical (unpaired) electrons. The summed E-state index contributed by atoms with van der Waals surface area (Å²) in [5.41, 5.74) is 7.40. The van der Waals surface area contributed by atoms with Crippen LogP contribution in [0.1, 0.15) is 33.3 Å². The van der Waals surface area contributed by atoms with Crippen LogP contribution in [0.4, 0.5) is 10.1 Å². The van der Waals surface area contributed by atoms with Crippen LogP contribution in [-0.2, 0) is 6.42 Å². The van der Waals surface area contributed by atoms with Crippen LogP contribution in [0.15, 0.2) is 18.2 Å². The standard InChI is InChI=1S/C16H27FN2/c1-12(2)10-19(11-13(3)4)16-14(8-9-18)6-5-7-15(16)17/h5-7,12-13H,8-11,18H2,1-4H3. The molecule has 0 aliphatic rings. The highest BCUT2D eigenvalue weighted by atomic mass is 19.1. The predicted octanol–water partition coefficient (Wildman–Crippen LogP) is 3.45. The topological polar surface area (TPSA) is 29.3 Å². The lowest BCUT2D eigenvalue weighted by atomic mass is 10.0. The molecule has 0 unspecified atom stereocenters. The van der Waals surface area contributed by atoms with Crippen molar-refractivity contribution in [3.8, 4) is 0 Å². The van der Waals surface area contributed by atoms with E-state index >= 15 is 0 Å². The average Bonchev–Trinajstić information content (AvgIpc) is 2.27. The Hall–Kier alpha value is -1.09. The van der Waals surface area contributed by atoms with E-state index in [4.69, 9.17) is 5.73 Å². The number of hydrogen-bond donors (Lipinski definition) is 1. The van der Waals surface area contributed by atoms with E-state index in [0.29, 0.717) is 18.4 Å². The lowest BCUT2D eigenvalue weighted by molar-refractivity contribution is 0.535. The van der Waals surface area contributed by atoms with Crippen molar-refractivity contribution in [2.75, 3.05) is 24.5 Å². The Kier molecular flexibility index (Phi) is 6.29. The number of anilines is 1. The summed E-state index contributed by atoms with van der Waals surface area (Å²) in [6.45, 7) is 10.9. The second kappa shape index (κ2) is 7.49. The zero-order chi connectivity index (χ0) is 14.4. The van der Waals surface area contributed by atoms with Gasteiger partial charge in [0, 0.05) is 13.1 Å². The Morgan fingerprint density at radius 1 is 1.11 bits per heavy atom. The van der Waals surface area contributed by atoms with Crippen molar-refractivity contribution in [2.24, 2.45) is 17.6 Å². The molecule has 2 N–H and O–H groups in total. The number of hydrogen-bond acceptors (Lipinski definition) is 2. The van der Waals surface area contributed by atoms with Crippen molar-refractivity contribution in [2.45, 2.75) is 34.1 Å². The first-order chi connectivity index (χ1) is 8.95. The maximum atomic E-state index is 14.2. The van der Waals surface area contributed by atoms with Gasteiger partial charge in [0.2, 0.25) is 0 Å². The normalized spacial score (nSPS) is 11.4. The molecule has 0 amide bonds. The minimum Gasteiger partial charge on any atom is -0.368 e. The van der Waals surface area contributed by atoms with Gasteiger partial charge in [0.25, 0.3) is 0 Å². The van der Waals surface area contributed by atoms with E-state index in [2.05, 4.69) is 32.6 Å². The van der Waals surface area contributed by atoms with Crippen molar-refractivity contribution in [3.05, 3.63) is 29.6 Å². The van der Waals surface area contributed by atoms with E-state index in [0.717, 1.165) is 30.8 Å². The van der Waals surface area contributed by atoms with Crippen LogP contribution in [0.3, 0.4) is 0 Å².